The number of aliphatic hydroxyl groups is 2. The van der Waals surface area contributed by atoms with E-state index >= 15 is 0 Å². The number of carbonyl (C=O) groups excluding carboxylic acids is 2. The first-order chi connectivity index (χ1) is 23.2. The van der Waals surface area contributed by atoms with E-state index in [1.54, 1.807) is 46.8 Å². The normalized spacial score (nSPS) is 14.6. The van der Waals surface area contributed by atoms with E-state index in [4.69, 9.17) is 4.74 Å². The van der Waals surface area contributed by atoms with Gasteiger partial charge in [0.25, 0.3) is 0 Å². The molecule has 0 bridgehead atoms. The quantitative estimate of drug-likeness (QED) is 0.123. The molecule has 0 heterocycles. The Morgan fingerprint density at radius 3 is 1.55 bits per heavy atom. The first-order valence-electron chi connectivity index (χ1n) is 16.7. The van der Waals surface area contributed by atoms with Crippen LogP contribution in [0.1, 0.15) is 51.3 Å². The van der Waals surface area contributed by atoms with Crippen LogP contribution >= 0.6 is 0 Å². The van der Waals surface area contributed by atoms with Crippen molar-refractivity contribution in [3.63, 3.8) is 0 Å². The second-order valence-corrected chi connectivity index (χ2v) is 13.6. The van der Waals surface area contributed by atoms with Crippen LogP contribution < -0.4 is 16.0 Å². The van der Waals surface area contributed by atoms with Crippen LogP contribution in [-0.2, 0) is 28.9 Å². The van der Waals surface area contributed by atoms with Crippen molar-refractivity contribution in [1.82, 2.24) is 20.9 Å². The summed E-state index contributed by atoms with van der Waals surface area (Å²) in [6.45, 7) is 8.90. The first-order valence-corrected chi connectivity index (χ1v) is 16.7. The van der Waals surface area contributed by atoms with Crippen LogP contribution in [0.15, 0.2) is 91.0 Å². The molecule has 6 N–H and O–H groups in total. The van der Waals surface area contributed by atoms with Gasteiger partial charge in [-0.25, -0.2) is 9.59 Å². The standard InChI is InChI=1S/C38H52N4O7/c1-26(2)34(42(37(47)48)25-29-19-13-8-14-20-29)35(45)40-30(21-27-15-9-6-10-16-27)32(43)23-39-24-33(44)31(22-28-17-11-7-12-18-28)41-36(46)49-38(3,4)5/h6-20,26,30-34,39,43-44H,21-25H2,1-5H3,(H,40,45)(H,41,46)(H,47,48)/t30-,31-,32-,33+,34-/m0/s1. The molecule has 0 radical (unpaired) electrons. The molecule has 49 heavy (non-hydrogen) atoms. The summed E-state index contributed by atoms with van der Waals surface area (Å²) in [6, 6.07) is 25.4. The van der Waals surface area contributed by atoms with Crippen LogP contribution in [0, 0.1) is 5.92 Å². The Hall–Kier alpha value is -4.45. The highest BCUT2D eigenvalue weighted by Crippen LogP contribution is 2.18. The number of hydrogen-bond donors (Lipinski definition) is 6. The Kier molecular flexibility index (Phi) is 15.1. The van der Waals surface area contributed by atoms with Crippen LogP contribution in [0.2, 0.25) is 0 Å². The molecule has 0 spiro atoms. The van der Waals surface area contributed by atoms with Crippen LogP contribution in [0.4, 0.5) is 9.59 Å². The van der Waals surface area contributed by atoms with Gasteiger partial charge in [-0.05, 0) is 56.2 Å². The third-order valence-corrected chi connectivity index (χ3v) is 7.94. The van der Waals surface area contributed by atoms with Gasteiger partial charge in [0.05, 0.1) is 24.3 Å². The number of carbonyl (C=O) groups is 3. The summed E-state index contributed by atoms with van der Waals surface area (Å²) in [5.41, 5.74) is 1.82. The summed E-state index contributed by atoms with van der Waals surface area (Å²) in [6.07, 6.45) is -3.40. The highest BCUT2D eigenvalue weighted by molar-refractivity contribution is 5.86. The molecular weight excluding hydrogens is 624 g/mol. The minimum absolute atomic E-state index is 0.00165. The molecule has 0 unspecified atom stereocenters. The number of nitrogens with one attached hydrogen (secondary N) is 3. The molecule has 3 amide bonds. The summed E-state index contributed by atoms with van der Waals surface area (Å²) in [4.78, 5) is 40.0. The molecule has 3 rings (SSSR count). The van der Waals surface area contributed by atoms with Gasteiger partial charge < -0.3 is 36.0 Å². The average Bonchev–Trinajstić information content (AvgIpc) is 3.04. The lowest BCUT2D eigenvalue weighted by atomic mass is 9.97. The van der Waals surface area contributed by atoms with Crippen molar-refractivity contribution >= 4 is 18.1 Å². The van der Waals surface area contributed by atoms with Gasteiger partial charge in [0.15, 0.2) is 0 Å². The predicted molar refractivity (Wildman–Crippen MR) is 189 cm³/mol. The topological polar surface area (TPSA) is 160 Å². The smallest absolute Gasteiger partial charge is 0.408 e. The molecule has 3 aromatic carbocycles. The number of hydrogen-bond acceptors (Lipinski definition) is 7. The van der Waals surface area contributed by atoms with E-state index in [1.165, 1.54) is 0 Å². The monoisotopic (exact) mass is 676 g/mol. The van der Waals surface area contributed by atoms with E-state index in [9.17, 15) is 29.7 Å². The summed E-state index contributed by atoms with van der Waals surface area (Å²) in [7, 11) is 0. The molecule has 266 valence electrons. The minimum atomic E-state index is -1.22. The van der Waals surface area contributed by atoms with Crippen molar-refractivity contribution in [2.75, 3.05) is 13.1 Å². The summed E-state index contributed by atoms with van der Waals surface area (Å²) >= 11 is 0. The Morgan fingerprint density at radius 2 is 1.14 bits per heavy atom. The Labute approximate surface area is 289 Å². The highest BCUT2D eigenvalue weighted by Gasteiger charge is 2.35. The number of nitrogens with zero attached hydrogens (tertiary/aromatic N) is 1. The molecule has 0 saturated carbocycles. The lowest BCUT2D eigenvalue weighted by Gasteiger charge is -2.34. The van der Waals surface area contributed by atoms with E-state index in [-0.39, 0.29) is 32.0 Å². The molecule has 11 nitrogen and oxygen atoms in total. The number of benzene rings is 3. The number of carboxylic acid groups (broad SMARTS) is 1. The van der Waals surface area contributed by atoms with Gasteiger partial charge in [0.2, 0.25) is 5.91 Å². The zero-order valence-electron chi connectivity index (χ0n) is 29.1. The van der Waals surface area contributed by atoms with Gasteiger partial charge in [0, 0.05) is 19.6 Å². The molecule has 5 atom stereocenters. The number of rotatable bonds is 17. The fourth-order valence-corrected chi connectivity index (χ4v) is 5.56. The van der Waals surface area contributed by atoms with Crippen molar-refractivity contribution < 1.29 is 34.4 Å². The maximum Gasteiger partial charge on any atom is 0.408 e. The summed E-state index contributed by atoms with van der Waals surface area (Å²) in [5.74, 6) is -0.876. The first kappa shape index (κ1) is 39.0. The zero-order valence-corrected chi connectivity index (χ0v) is 29.1. The Morgan fingerprint density at radius 1 is 0.714 bits per heavy atom. The largest absolute Gasteiger partial charge is 0.465 e. The molecule has 0 saturated heterocycles. The highest BCUT2D eigenvalue weighted by atomic mass is 16.6. The fourth-order valence-electron chi connectivity index (χ4n) is 5.56. The molecule has 0 aliphatic rings. The third-order valence-electron chi connectivity index (χ3n) is 7.94. The number of alkyl carbamates (subject to hydrolysis) is 1. The van der Waals surface area contributed by atoms with E-state index in [2.05, 4.69) is 16.0 Å². The van der Waals surface area contributed by atoms with E-state index in [0.717, 1.165) is 21.6 Å². The van der Waals surface area contributed by atoms with Crippen LogP contribution in [0.25, 0.3) is 0 Å². The maximum absolute atomic E-state index is 13.8. The summed E-state index contributed by atoms with van der Waals surface area (Å²) < 4.78 is 5.42. The van der Waals surface area contributed by atoms with Crippen molar-refractivity contribution in [1.29, 1.82) is 0 Å². The zero-order chi connectivity index (χ0) is 36.0. The average molecular weight is 677 g/mol. The third kappa shape index (κ3) is 13.5. The van der Waals surface area contributed by atoms with Crippen molar-refractivity contribution in [3.05, 3.63) is 108 Å². The fraction of sp³-hybridized carbons (Fsp3) is 0.447. The SMILES string of the molecule is CC(C)[C@@H](C(=O)N[C@@H](Cc1ccccc1)[C@@H](O)CNC[C@@H](O)[C@H](Cc1ccccc1)NC(=O)OC(C)(C)C)N(Cc1ccccc1)C(=O)O. The lowest BCUT2D eigenvalue weighted by molar-refractivity contribution is -0.129. The van der Waals surface area contributed by atoms with Gasteiger partial charge in [-0.3, -0.25) is 9.69 Å². The number of aliphatic hydroxyl groups excluding tert-OH is 2. The van der Waals surface area contributed by atoms with Crippen molar-refractivity contribution in [2.45, 2.75) is 89.9 Å². The van der Waals surface area contributed by atoms with Gasteiger partial charge in [-0.2, -0.15) is 0 Å². The summed E-state index contributed by atoms with van der Waals surface area (Å²) in [5, 5.41) is 41.5. The van der Waals surface area contributed by atoms with E-state index in [0.29, 0.717) is 6.42 Å². The maximum atomic E-state index is 13.8. The van der Waals surface area contributed by atoms with Crippen LogP contribution in [-0.4, -0.2) is 87.3 Å². The van der Waals surface area contributed by atoms with Crippen molar-refractivity contribution in [3.8, 4) is 0 Å². The minimum Gasteiger partial charge on any atom is -0.465 e. The number of ether oxygens (including phenoxy) is 1. The predicted octanol–water partition coefficient (Wildman–Crippen LogP) is 4.37. The molecule has 0 aliphatic carbocycles. The van der Waals surface area contributed by atoms with Gasteiger partial charge >= 0.3 is 12.2 Å². The Bertz CT molecular complexity index is 1430. The second kappa shape index (κ2) is 18.9. The van der Waals surface area contributed by atoms with E-state index in [1.807, 2.05) is 78.9 Å². The molecule has 0 fully saturated rings. The van der Waals surface area contributed by atoms with Gasteiger partial charge in [0.1, 0.15) is 11.6 Å². The van der Waals surface area contributed by atoms with Crippen molar-refractivity contribution in [2.24, 2.45) is 5.92 Å². The van der Waals surface area contributed by atoms with E-state index < -0.39 is 54.0 Å². The Balaban J connectivity index is 1.73. The van der Waals surface area contributed by atoms with Gasteiger partial charge in [-0.1, -0.05) is 105 Å². The van der Waals surface area contributed by atoms with Crippen LogP contribution in [0.5, 0.6) is 0 Å². The van der Waals surface area contributed by atoms with Gasteiger partial charge in [-0.15, -0.1) is 0 Å². The van der Waals surface area contributed by atoms with Crippen LogP contribution in [0.3, 0.4) is 0 Å². The molecule has 3 aromatic rings. The number of amides is 3. The second-order valence-electron chi connectivity index (χ2n) is 13.6. The molecule has 0 aliphatic heterocycles. The lowest BCUT2D eigenvalue weighted by Crippen LogP contribution is -2.57. The molecule has 11 heteroatoms. The molecular formula is C38H52N4O7. The molecule has 0 aromatic heterocycles.